The fourth-order valence-corrected chi connectivity index (χ4v) is 0.790. The van der Waals surface area contributed by atoms with E-state index in [0.29, 0.717) is 12.6 Å². The summed E-state index contributed by atoms with van der Waals surface area (Å²) in [6.07, 6.45) is 0. The van der Waals surface area contributed by atoms with Gasteiger partial charge in [-0.2, -0.15) is 0 Å². The maximum absolute atomic E-state index is 9.46. The Morgan fingerprint density at radius 3 is 2.73 bits per heavy atom. The molecule has 0 radical (unpaired) electrons. The molecule has 0 aromatic carbocycles. The normalized spacial score (nSPS) is 24.3. The Hall–Kier alpha value is -0.160. The molecule has 1 aliphatic heterocycles. The predicted molar refractivity (Wildman–Crippen MR) is 42.3 cm³/mol. The molecule has 11 heavy (non-hydrogen) atoms. The summed E-state index contributed by atoms with van der Waals surface area (Å²) in [6.45, 7) is 4.05. The van der Waals surface area contributed by atoms with Crippen molar-refractivity contribution in [3.05, 3.63) is 0 Å². The minimum atomic E-state index is -0.782. The van der Waals surface area contributed by atoms with E-state index >= 15 is 0 Å². The minimum absolute atomic E-state index is 0.285. The number of aliphatic hydroxyl groups is 1. The summed E-state index contributed by atoms with van der Waals surface area (Å²) in [6, 6.07) is 0.410. The fourth-order valence-electron chi connectivity index (χ4n) is 0.790. The molecule has 1 unspecified atom stereocenters. The van der Waals surface area contributed by atoms with Crippen LogP contribution in [-0.4, -0.2) is 43.1 Å². The van der Waals surface area contributed by atoms with Crippen LogP contribution in [0.2, 0.25) is 0 Å². The van der Waals surface area contributed by atoms with Crippen molar-refractivity contribution >= 4 is 0 Å². The smallest absolute Gasteiger partial charge is 0.0865 e. The van der Waals surface area contributed by atoms with Crippen molar-refractivity contribution in [2.75, 3.05) is 26.3 Å². The highest BCUT2D eigenvalue weighted by Crippen LogP contribution is 2.03. The van der Waals surface area contributed by atoms with E-state index in [1.165, 1.54) is 0 Å². The van der Waals surface area contributed by atoms with Gasteiger partial charge >= 0.3 is 0 Å². The SMILES string of the molecule is CC(O)(CN)CNC1COC1. The summed E-state index contributed by atoms with van der Waals surface area (Å²) in [5.74, 6) is 0. The van der Waals surface area contributed by atoms with Crippen molar-refractivity contribution < 1.29 is 9.84 Å². The van der Waals surface area contributed by atoms with Gasteiger partial charge in [-0.05, 0) is 6.92 Å². The number of ether oxygens (including phenoxy) is 1. The molecule has 1 heterocycles. The van der Waals surface area contributed by atoms with Crippen LogP contribution >= 0.6 is 0 Å². The summed E-state index contributed by atoms with van der Waals surface area (Å²) >= 11 is 0. The number of hydrogen-bond donors (Lipinski definition) is 3. The lowest BCUT2D eigenvalue weighted by atomic mass is 10.1. The summed E-state index contributed by atoms with van der Waals surface area (Å²) in [7, 11) is 0. The number of hydrogen-bond acceptors (Lipinski definition) is 4. The first-order valence-corrected chi connectivity index (χ1v) is 3.88. The van der Waals surface area contributed by atoms with Gasteiger partial charge in [0.1, 0.15) is 0 Å². The second-order valence-corrected chi connectivity index (χ2v) is 3.32. The highest BCUT2D eigenvalue weighted by atomic mass is 16.5. The molecule has 1 atom stereocenters. The first-order valence-electron chi connectivity index (χ1n) is 3.88. The third-order valence-corrected chi connectivity index (χ3v) is 1.85. The first kappa shape index (κ1) is 8.93. The van der Waals surface area contributed by atoms with Crippen LogP contribution in [0.3, 0.4) is 0 Å². The van der Waals surface area contributed by atoms with E-state index in [1.54, 1.807) is 6.92 Å². The fraction of sp³-hybridized carbons (Fsp3) is 1.00. The van der Waals surface area contributed by atoms with E-state index < -0.39 is 5.60 Å². The quantitative estimate of drug-likeness (QED) is 0.477. The van der Waals surface area contributed by atoms with Gasteiger partial charge in [0.25, 0.3) is 0 Å². The van der Waals surface area contributed by atoms with Gasteiger partial charge in [-0.3, -0.25) is 0 Å². The van der Waals surface area contributed by atoms with E-state index in [2.05, 4.69) is 5.32 Å². The van der Waals surface area contributed by atoms with Gasteiger partial charge < -0.3 is 20.9 Å². The Bertz CT molecular complexity index is 124. The summed E-state index contributed by atoms with van der Waals surface area (Å²) in [5, 5.41) is 12.6. The van der Waals surface area contributed by atoms with Crippen LogP contribution in [0.1, 0.15) is 6.92 Å². The van der Waals surface area contributed by atoms with E-state index in [-0.39, 0.29) is 6.54 Å². The molecule has 0 amide bonds. The van der Waals surface area contributed by atoms with Crippen molar-refractivity contribution in [2.45, 2.75) is 18.6 Å². The van der Waals surface area contributed by atoms with Crippen LogP contribution < -0.4 is 11.1 Å². The number of nitrogens with one attached hydrogen (secondary N) is 1. The average Bonchev–Trinajstić information content (AvgIpc) is 1.84. The molecule has 1 aliphatic rings. The molecule has 1 fully saturated rings. The molecule has 0 aromatic heterocycles. The number of nitrogens with two attached hydrogens (primary N) is 1. The van der Waals surface area contributed by atoms with Crippen LogP contribution in [0.25, 0.3) is 0 Å². The zero-order chi connectivity index (χ0) is 8.32. The summed E-state index contributed by atoms with van der Waals surface area (Å²) < 4.78 is 4.96. The van der Waals surface area contributed by atoms with Crippen LogP contribution in [0.5, 0.6) is 0 Å². The van der Waals surface area contributed by atoms with Gasteiger partial charge in [-0.25, -0.2) is 0 Å². The van der Waals surface area contributed by atoms with Crippen molar-refractivity contribution in [2.24, 2.45) is 5.73 Å². The van der Waals surface area contributed by atoms with Gasteiger partial charge in [-0.15, -0.1) is 0 Å². The maximum Gasteiger partial charge on any atom is 0.0865 e. The Balaban J connectivity index is 2.09. The molecule has 0 aliphatic carbocycles. The largest absolute Gasteiger partial charge is 0.388 e. The molecule has 4 N–H and O–H groups in total. The Morgan fingerprint density at radius 1 is 1.73 bits per heavy atom. The first-order chi connectivity index (χ1) is 5.14. The van der Waals surface area contributed by atoms with Crippen molar-refractivity contribution in [1.29, 1.82) is 0 Å². The molecule has 4 heteroatoms. The van der Waals surface area contributed by atoms with Crippen LogP contribution in [0, 0.1) is 0 Å². The van der Waals surface area contributed by atoms with Gasteiger partial charge in [0.2, 0.25) is 0 Å². The third kappa shape index (κ3) is 2.75. The van der Waals surface area contributed by atoms with Crippen LogP contribution in [0.4, 0.5) is 0 Å². The molecule has 66 valence electrons. The highest BCUT2D eigenvalue weighted by molar-refractivity contribution is 4.81. The second-order valence-electron chi connectivity index (χ2n) is 3.32. The lowest BCUT2D eigenvalue weighted by Gasteiger charge is -2.30. The Labute approximate surface area is 66.7 Å². The Morgan fingerprint density at radius 2 is 2.36 bits per heavy atom. The van der Waals surface area contributed by atoms with Crippen molar-refractivity contribution in [1.82, 2.24) is 5.32 Å². The molecule has 0 aromatic rings. The standard InChI is InChI=1S/C7H16N2O2/c1-7(10,4-8)5-9-6-2-11-3-6/h6,9-10H,2-5,8H2,1H3. The maximum atomic E-state index is 9.46. The second kappa shape index (κ2) is 3.49. The lowest BCUT2D eigenvalue weighted by molar-refractivity contribution is -0.0185. The van der Waals surface area contributed by atoms with Crippen molar-refractivity contribution in [3.8, 4) is 0 Å². The monoisotopic (exact) mass is 160 g/mol. The summed E-state index contributed by atoms with van der Waals surface area (Å²) in [4.78, 5) is 0. The summed E-state index contributed by atoms with van der Waals surface area (Å²) in [5.41, 5.74) is 4.55. The molecule has 1 rings (SSSR count). The zero-order valence-electron chi connectivity index (χ0n) is 6.84. The topological polar surface area (TPSA) is 67.5 Å². The third-order valence-electron chi connectivity index (χ3n) is 1.85. The number of rotatable bonds is 4. The van der Waals surface area contributed by atoms with Crippen molar-refractivity contribution in [3.63, 3.8) is 0 Å². The van der Waals surface area contributed by atoms with E-state index in [4.69, 9.17) is 10.5 Å². The molecule has 1 saturated heterocycles. The predicted octanol–water partition coefficient (Wildman–Crippen LogP) is -1.32. The van der Waals surface area contributed by atoms with E-state index in [9.17, 15) is 5.11 Å². The van der Waals surface area contributed by atoms with E-state index in [0.717, 1.165) is 13.2 Å². The lowest BCUT2D eigenvalue weighted by Crippen LogP contribution is -2.53. The Kier molecular flexibility index (Phi) is 2.84. The van der Waals surface area contributed by atoms with Gasteiger partial charge in [-0.1, -0.05) is 0 Å². The zero-order valence-corrected chi connectivity index (χ0v) is 6.84. The average molecular weight is 160 g/mol. The van der Waals surface area contributed by atoms with Gasteiger partial charge in [0.05, 0.1) is 24.9 Å². The van der Waals surface area contributed by atoms with Crippen LogP contribution in [-0.2, 0) is 4.74 Å². The van der Waals surface area contributed by atoms with E-state index in [1.807, 2.05) is 0 Å². The molecule has 4 nitrogen and oxygen atoms in total. The van der Waals surface area contributed by atoms with Gasteiger partial charge in [0, 0.05) is 13.1 Å². The molecule has 0 saturated carbocycles. The molecule has 0 bridgehead atoms. The van der Waals surface area contributed by atoms with Crippen LogP contribution in [0.15, 0.2) is 0 Å². The highest BCUT2D eigenvalue weighted by Gasteiger charge is 2.23. The molecular weight excluding hydrogens is 144 g/mol. The molecule has 0 spiro atoms. The van der Waals surface area contributed by atoms with Gasteiger partial charge in [0.15, 0.2) is 0 Å². The molecular formula is C7H16N2O2. The minimum Gasteiger partial charge on any atom is -0.388 e.